The second kappa shape index (κ2) is 8.39. The van der Waals surface area contributed by atoms with Gasteiger partial charge in [-0.15, -0.1) is 0 Å². The number of hydrogen-bond donors (Lipinski definition) is 3. The molecule has 1 aromatic rings. The molecule has 0 aromatic heterocycles. The molecule has 1 rings (SSSR count). The lowest BCUT2D eigenvalue weighted by molar-refractivity contribution is 0.0687. The molecule has 5 nitrogen and oxygen atoms in total. The van der Waals surface area contributed by atoms with E-state index >= 15 is 0 Å². The maximum Gasteiger partial charge on any atom is 0.343 e. The van der Waals surface area contributed by atoms with E-state index in [0.29, 0.717) is 18.6 Å². The number of carboxylic acids is 1. The Morgan fingerprint density at radius 1 is 1.14 bits per heavy atom. The fraction of sp³-hybridized carbons (Fsp3) is 0.562. The summed E-state index contributed by atoms with van der Waals surface area (Å²) in [5.41, 5.74) is 0.279. The molecule has 0 radical (unpaired) electrons. The molecule has 0 aliphatic carbocycles. The van der Waals surface area contributed by atoms with Gasteiger partial charge in [-0.3, -0.25) is 0 Å². The Balaban J connectivity index is 3.10. The van der Waals surface area contributed by atoms with Crippen molar-refractivity contribution in [3.63, 3.8) is 0 Å². The quantitative estimate of drug-likeness (QED) is 0.477. The Kier molecular flexibility index (Phi) is 6.85. The first-order valence-corrected chi connectivity index (χ1v) is 7.46. The van der Waals surface area contributed by atoms with E-state index < -0.39 is 17.5 Å². The Bertz CT molecular complexity index is 482. The zero-order chi connectivity index (χ0) is 15.8. The van der Waals surface area contributed by atoms with E-state index in [0.717, 1.165) is 32.1 Å². The molecular formula is C16H24O5. The SMILES string of the molecule is CCCCCCc1cc(O)c(O)c(C(=O)O)c1OCCC. The Morgan fingerprint density at radius 2 is 1.86 bits per heavy atom. The number of rotatable bonds is 9. The van der Waals surface area contributed by atoms with Crippen molar-refractivity contribution in [1.82, 2.24) is 0 Å². The third-order valence-electron chi connectivity index (χ3n) is 3.27. The molecule has 118 valence electrons. The van der Waals surface area contributed by atoms with Crippen LogP contribution in [0.2, 0.25) is 0 Å². The van der Waals surface area contributed by atoms with Crippen molar-refractivity contribution in [3.8, 4) is 17.2 Å². The average Bonchev–Trinajstić information content (AvgIpc) is 2.44. The largest absolute Gasteiger partial charge is 0.504 e. The van der Waals surface area contributed by atoms with Crippen LogP contribution in [0.15, 0.2) is 6.07 Å². The normalized spacial score (nSPS) is 10.6. The van der Waals surface area contributed by atoms with Gasteiger partial charge in [0, 0.05) is 0 Å². The zero-order valence-corrected chi connectivity index (χ0v) is 12.7. The van der Waals surface area contributed by atoms with Crippen LogP contribution in [0.5, 0.6) is 17.2 Å². The number of phenols is 2. The minimum Gasteiger partial charge on any atom is -0.504 e. The summed E-state index contributed by atoms with van der Waals surface area (Å²) in [5, 5.41) is 28.7. The summed E-state index contributed by atoms with van der Waals surface area (Å²) in [6.45, 7) is 4.40. The van der Waals surface area contributed by atoms with Crippen LogP contribution in [-0.4, -0.2) is 27.9 Å². The highest BCUT2D eigenvalue weighted by Crippen LogP contribution is 2.39. The number of aromatic carboxylic acids is 1. The van der Waals surface area contributed by atoms with Gasteiger partial charge in [-0.2, -0.15) is 0 Å². The van der Waals surface area contributed by atoms with E-state index in [1.165, 1.54) is 6.07 Å². The Labute approximate surface area is 125 Å². The van der Waals surface area contributed by atoms with Crippen molar-refractivity contribution in [2.24, 2.45) is 0 Å². The fourth-order valence-corrected chi connectivity index (χ4v) is 2.19. The second-order valence-corrected chi connectivity index (χ2v) is 5.07. The van der Waals surface area contributed by atoms with E-state index in [9.17, 15) is 20.1 Å². The molecular weight excluding hydrogens is 272 g/mol. The van der Waals surface area contributed by atoms with Gasteiger partial charge in [-0.05, 0) is 30.9 Å². The van der Waals surface area contributed by atoms with Crippen LogP contribution in [-0.2, 0) is 6.42 Å². The summed E-state index contributed by atoms with van der Waals surface area (Å²) in [5.74, 6) is -2.17. The van der Waals surface area contributed by atoms with Gasteiger partial charge in [0.15, 0.2) is 11.5 Å². The van der Waals surface area contributed by atoms with Crippen LogP contribution >= 0.6 is 0 Å². The topological polar surface area (TPSA) is 87.0 Å². The standard InChI is InChI=1S/C16H24O5/c1-3-5-6-7-8-11-10-12(17)14(18)13(16(19)20)15(11)21-9-4-2/h10,17-18H,3-9H2,1-2H3,(H,19,20). The molecule has 0 saturated carbocycles. The van der Waals surface area contributed by atoms with Crippen molar-refractivity contribution < 1.29 is 24.9 Å². The van der Waals surface area contributed by atoms with Gasteiger partial charge < -0.3 is 20.1 Å². The smallest absolute Gasteiger partial charge is 0.343 e. The van der Waals surface area contributed by atoms with Crippen LogP contribution in [0.4, 0.5) is 0 Å². The van der Waals surface area contributed by atoms with Gasteiger partial charge >= 0.3 is 5.97 Å². The first kappa shape index (κ1) is 17.1. The summed E-state index contributed by atoms with van der Waals surface area (Å²) >= 11 is 0. The molecule has 0 saturated heterocycles. The zero-order valence-electron chi connectivity index (χ0n) is 12.7. The van der Waals surface area contributed by atoms with Gasteiger partial charge in [0.1, 0.15) is 11.3 Å². The first-order chi connectivity index (χ1) is 10.0. The van der Waals surface area contributed by atoms with Crippen LogP contribution < -0.4 is 4.74 Å². The molecule has 0 aliphatic rings. The monoisotopic (exact) mass is 296 g/mol. The van der Waals surface area contributed by atoms with Gasteiger partial charge in [-0.1, -0.05) is 33.1 Å². The molecule has 21 heavy (non-hydrogen) atoms. The minimum absolute atomic E-state index is 0.177. The summed E-state index contributed by atoms with van der Waals surface area (Å²) in [6, 6.07) is 1.40. The van der Waals surface area contributed by atoms with Crippen LogP contribution in [0.1, 0.15) is 61.9 Å². The number of unbranched alkanes of at least 4 members (excludes halogenated alkanes) is 3. The Morgan fingerprint density at radius 3 is 2.43 bits per heavy atom. The number of carboxylic acid groups (broad SMARTS) is 1. The second-order valence-electron chi connectivity index (χ2n) is 5.07. The number of ether oxygens (including phenoxy) is 1. The average molecular weight is 296 g/mol. The third kappa shape index (κ3) is 4.55. The van der Waals surface area contributed by atoms with Gasteiger partial charge in [-0.25, -0.2) is 4.79 Å². The molecule has 0 heterocycles. The lowest BCUT2D eigenvalue weighted by Crippen LogP contribution is -2.07. The number of carbonyl (C=O) groups is 1. The molecule has 1 aromatic carbocycles. The number of benzene rings is 1. The van der Waals surface area contributed by atoms with E-state index in [1.807, 2.05) is 6.92 Å². The molecule has 0 atom stereocenters. The summed E-state index contributed by atoms with van der Waals surface area (Å²) in [6.07, 6.45) is 5.50. The highest BCUT2D eigenvalue weighted by molar-refractivity contribution is 5.95. The van der Waals surface area contributed by atoms with Gasteiger partial charge in [0.2, 0.25) is 0 Å². The number of aryl methyl sites for hydroxylation is 1. The first-order valence-electron chi connectivity index (χ1n) is 7.46. The van der Waals surface area contributed by atoms with Crippen LogP contribution in [0.25, 0.3) is 0 Å². The molecule has 0 spiro atoms. The maximum atomic E-state index is 11.3. The van der Waals surface area contributed by atoms with E-state index in [2.05, 4.69) is 6.92 Å². The van der Waals surface area contributed by atoms with Gasteiger partial charge in [0.05, 0.1) is 6.61 Å². The molecule has 3 N–H and O–H groups in total. The van der Waals surface area contributed by atoms with Crippen LogP contribution in [0, 0.1) is 0 Å². The lowest BCUT2D eigenvalue weighted by atomic mass is 10.0. The van der Waals surface area contributed by atoms with E-state index in [1.54, 1.807) is 0 Å². The van der Waals surface area contributed by atoms with Crippen molar-refractivity contribution >= 4 is 5.97 Å². The molecule has 0 unspecified atom stereocenters. The van der Waals surface area contributed by atoms with Crippen molar-refractivity contribution in [2.45, 2.75) is 52.4 Å². The fourth-order valence-electron chi connectivity index (χ4n) is 2.19. The maximum absolute atomic E-state index is 11.3. The Hall–Kier alpha value is -1.91. The van der Waals surface area contributed by atoms with E-state index in [-0.39, 0.29) is 11.3 Å². The summed E-state index contributed by atoms with van der Waals surface area (Å²) < 4.78 is 5.52. The predicted molar refractivity (Wildman–Crippen MR) is 80.4 cm³/mol. The van der Waals surface area contributed by atoms with Gasteiger partial charge in [0.25, 0.3) is 0 Å². The lowest BCUT2D eigenvalue weighted by Gasteiger charge is -2.16. The highest BCUT2D eigenvalue weighted by Gasteiger charge is 2.23. The van der Waals surface area contributed by atoms with Crippen molar-refractivity contribution in [2.75, 3.05) is 6.61 Å². The van der Waals surface area contributed by atoms with Crippen molar-refractivity contribution in [1.29, 1.82) is 0 Å². The number of hydrogen-bond acceptors (Lipinski definition) is 4. The van der Waals surface area contributed by atoms with Crippen LogP contribution in [0.3, 0.4) is 0 Å². The minimum atomic E-state index is -1.30. The number of phenolic OH excluding ortho intramolecular Hbond substituents is 1. The van der Waals surface area contributed by atoms with E-state index in [4.69, 9.17) is 4.74 Å². The summed E-state index contributed by atoms with van der Waals surface area (Å²) in [4.78, 5) is 11.3. The predicted octanol–water partition coefficient (Wildman–Crippen LogP) is 3.71. The number of aromatic hydroxyl groups is 2. The molecule has 0 bridgehead atoms. The summed E-state index contributed by atoms with van der Waals surface area (Å²) in [7, 11) is 0. The third-order valence-corrected chi connectivity index (χ3v) is 3.27. The molecule has 0 aliphatic heterocycles. The molecule has 0 fully saturated rings. The molecule has 0 amide bonds. The highest BCUT2D eigenvalue weighted by atomic mass is 16.5. The van der Waals surface area contributed by atoms with Crippen molar-refractivity contribution in [3.05, 3.63) is 17.2 Å². The molecule has 5 heteroatoms.